The summed E-state index contributed by atoms with van der Waals surface area (Å²) >= 11 is 0. The van der Waals surface area contributed by atoms with E-state index in [1.165, 1.54) is 24.3 Å². The first kappa shape index (κ1) is 12.9. The van der Waals surface area contributed by atoms with Crippen LogP contribution in [0.25, 0.3) is 0 Å². The van der Waals surface area contributed by atoms with Gasteiger partial charge in [0, 0.05) is 18.6 Å². The highest BCUT2D eigenvalue weighted by molar-refractivity contribution is 6.00. The summed E-state index contributed by atoms with van der Waals surface area (Å²) < 4.78 is 13.5. The number of aromatic hydroxyl groups is 3. The van der Waals surface area contributed by atoms with E-state index in [4.69, 9.17) is 10.2 Å². The topological polar surface area (TPSA) is 77.8 Å². The second-order valence-electron chi connectivity index (χ2n) is 4.09. The second kappa shape index (κ2) is 4.97. The monoisotopic (exact) mass is 262 g/mol. The average molecular weight is 262 g/mol. The van der Waals surface area contributed by atoms with E-state index in [9.17, 15) is 14.3 Å². The van der Waals surface area contributed by atoms with Crippen LogP contribution in [0.3, 0.4) is 0 Å². The maximum absolute atomic E-state index is 13.5. The number of hydrogen-bond acceptors (Lipinski definition) is 4. The fourth-order valence-corrected chi connectivity index (χ4v) is 1.74. The molecule has 0 fully saturated rings. The van der Waals surface area contributed by atoms with Crippen LogP contribution in [0, 0.1) is 5.82 Å². The van der Waals surface area contributed by atoms with Crippen LogP contribution in [0.2, 0.25) is 0 Å². The molecule has 0 unspecified atom stereocenters. The Morgan fingerprint density at radius 3 is 2.21 bits per heavy atom. The van der Waals surface area contributed by atoms with Gasteiger partial charge in [-0.2, -0.15) is 0 Å². The van der Waals surface area contributed by atoms with Crippen molar-refractivity contribution in [2.24, 2.45) is 0 Å². The standard InChI is InChI=1S/C14H11FO4/c15-11-6-10(17)7-13(19)14(11)12(18)5-8-1-3-9(16)4-2-8/h1-4,6-7,16-17,19H,5H2. The quantitative estimate of drug-likeness (QED) is 0.742. The van der Waals surface area contributed by atoms with Gasteiger partial charge in [-0.15, -0.1) is 0 Å². The van der Waals surface area contributed by atoms with Crippen LogP contribution in [0.1, 0.15) is 15.9 Å². The van der Waals surface area contributed by atoms with Gasteiger partial charge in [0.2, 0.25) is 0 Å². The highest BCUT2D eigenvalue weighted by Gasteiger charge is 2.18. The van der Waals surface area contributed by atoms with E-state index in [-0.39, 0.29) is 12.2 Å². The molecule has 0 bridgehead atoms. The fourth-order valence-electron chi connectivity index (χ4n) is 1.74. The van der Waals surface area contributed by atoms with Gasteiger partial charge >= 0.3 is 0 Å². The predicted octanol–water partition coefficient (Wildman–Crippen LogP) is 2.37. The van der Waals surface area contributed by atoms with Crippen molar-refractivity contribution in [3.8, 4) is 17.2 Å². The maximum atomic E-state index is 13.5. The zero-order chi connectivity index (χ0) is 14.0. The third-order valence-corrected chi connectivity index (χ3v) is 2.63. The van der Waals surface area contributed by atoms with Crippen LogP contribution in [0.5, 0.6) is 17.2 Å². The largest absolute Gasteiger partial charge is 0.508 e. The summed E-state index contributed by atoms with van der Waals surface area (Å²) in [4.78, 5) is 11.9. The first-order valence-electron chi connectivity index (χ1n) is 5.50. The van der Waals surface area contributed by atoms with Crippen LogP contribution in [0.15, 0.2) is 36.4 Å². The normalized spacial score (nSPS) is 10.4. The Bertz CT molecular complexity index is 597. The number of Topliss-reactive ketones (excluding diaryl/α,β-unsaturated/α-hetero) is 1. The smallest absolute Gasteiger partial charge is 0.173 e. The minimum atomic E-state index is -0.971. The highest BCUT2D eigenvalue weighted by atomic mass is 19.1. The minimum absolute atomic E-state index is 0.0647. The summed E-state index contributed by atoms with van der Waals surface area (Å²) in [7, 11) is 0. The number of phenolic OH excluding ortho intramolecular Hbond substituents is 3. The van der Waals surface area contributed by atoms with E-state index in [1.54, 1.807) is 0 Å². The Morgan fingerprint density at radius 2 is 1.63 bits per heavy atom. The Labute approximate surface area is 108 Å². The Hall–Kier alpha value is -2.56. The molecule has 2 aromatic rings. The van der Waals surface area contributed by atoms with Crippen molar-refractivity contribution in [1.29, 1.82) is 0 Å². The summed E-state index contributed by atoms with van der Waals surface area (Å²) in [5.74, 6) is -2.56. The molecule has 4 nitrogen and oxygen atoms in total. The van der Waals surface area contributed by atoms with Crippen molar-refractivity contribution >= 4 is 5.78 Å². The predicted molar refractivity (Wildman–Crippen MR) is 65.9 cm³/mol. The molecule has 98 valence electrons. The number of benzene rings is 2. The molecule has 0 heterocycles. The van der Waals surface area contributed by atoms with Crippen LogP contribution in [-0.4, -0.2) is 21.1 Å². The molecule has 3 N–H and O–H groups in total. The molecular weight excluding hydrogens is 251 g/mol. The Morgan fingerprint density at radius 1 is 1.00 bits per heavy atom. The van der Waals surface area contributed by atoms with Gasteiger partial charge in [-0.05, 0) is 17.7 Å². The molecule has 0 radical (unpaired) electrons. The molecule has 19 heavy (non-hydrogen) atoms. The van der Waals surface area contributed by atoms with Gasteiger partial charge in [0.15, 0.2) is 5.78 Å². The van der Waals surface area contributed by atoms with Gasteiger partial charge in [0.1, 0.15) is 23.1 Å². The summed E-state index contributed by atoms with van der Waals surface area (Å²) in [6.07, 6.45) is -0.116. The third-order valence-electron chi connectivity index (χ3n) is 2.63. The molecule has 0 aromatic heterocycles. The molecular formula is C14H11FO4. The molecule has 5 heteroatoms. The molecule has 0 spiro atoms. The summed E-state index contributed by atoms with van der Waals surface area (Å²) in [6, 6.07) is 7.56. The summed E-state index contributed by atoms with van der Waals surface area (Å²) in [6.45, 7) is 0. The lowest BCUT2D eigenvalue weighted by atomic mass is 10.0. The first-order chi connectivity index (χ1) is 8.97. The van der Waals surface area contributed by atoms with Crippen molar-refractivity contribution in [1.82, 2.24) is 0 Å². The number of carbonyl (C=O) groups is 1. The van der Waals surface area contributed by atoms with Crippen molar-refractivity contribution < 1.29 is 24.5 Å². The number of rotatable bonds is 3. The number of halogens is 1. The van der Waals surface area contributed by atoms with E-state index in [1.807, 2.05) is 0 Å². The van der Waals surface area contributed by atoms with Gasteiger partial charge in [-0.3, -0.25) is 4.79 Å². The van der Waals surface area contributed by atoms with E-state index in [0.717, 1.165) is 12.1 Å². The van der Waals surface area contributed by atoms with E-state index >= 15 is 0 Å². The number of ketones is 1. The molecule has 0 saturated heterocycles. The second-order valence-corrected chi connectivity index (χ2v) is 4.09. The zero-order valence-corrected chi connectivity index (χ0v) is 9.80. The minimum Gasteiger partial charge on any atom is -0.508 e. The van der Waals surface area contributed by atoms with Crippen LogP contribution in [0.4, 0.5) is 4.39 Å². The lowest BCUT2D eigenvalue weighted by molar-refractivity contribution is 0.0986. The molecule has 0 aliphatic heterocycles. The van der Waals surface area contributed by atoms with Crippen molar-refractivity contribution in [3.63, 3.8) is 0 Å². The van der Waals surface area contributed by atoms with Crippen molar-refractivity contribution in [3.05, 3.63) is 53.3 Å². The number of hydrogen-bond donors (Lipinski definition) is 3. The van der Waals surface area contributed by atoms with Crippen LogP contribution >= 0.6 is 0 Å². The third kappa shape index (κ3) is 2.82. The van der Waals surface area contributed by atoms with Crippen LogP contribution < -0.4 is 0 Å². The first-order valence-corrected chi connectivity index (χ1v) is 5.50. The van der Waals surface area contributed by atoms with Gasteiger partial charge in [-0.25, -0.2) is 4.39 Å². The van der Waals surface area contributed by atoms with Gasteiger partial charge in [0.05, 0.1) is 5.56 Å². The lowest BCUT2D eigenvalue weighted by Gasteiger charge is -2.06. The van der Waals surface area contributed by atoms with E-state index in [0.29, 0.717) is 5.56 Å². The molecule has 2 aromatic carbocycles. The molecule has 0 aliphatic rings. The maximum Gasteiger partial charge on any atom is 0.173 e. The van der Waals surface area contributed by atoms with Crippen LogP contribution in [-0.2, 0) is 6.42 Å². The van der Waals surface area contributed by atoms with Crippen molar-refractivity contribution in [2.45, 2.75) is 6.42 Å². The summed E-state index contributed by atoms with van der Waals surface area (Å²) in [5.41, 5.74) is 0.126. The van der Waals surface area contributed by atoms with E-state index in [2.05, 4.69) is 0 Å². The van der Waals surface area contributed by atoms with Gasteiger partial charge in [-0.1, -0.05) is 12.1 Å². The molecule has 0 saturated carbocycles. The van der Waals surface area contributed by atoms with Crippen molar-refractivity contribution in [2.75, 3.05) is 0 Å². The zero-order valence-electron chi connectivity index (χ0n) is 9.80. The Balaban J connectivity index is 2.28. The molecule has 0 atom stereocenters. The molecule has 0 amide bonds. The average Bonchev–Trinajstić information content (AvgIpc) is 2.30. The highest BCUT2D eigenvalue weighted by Crippen LogP contribution is 2.27. The molecule has 2 rings (SSSR count). The molecule has 0 aliphatic carbocycles. The summed E-state index contributed by atoms with van der Waals surface area (Å²) in [5, 5.41) is 27.7. The fraction of sp³-hybridized carbons (Fsp3) is 0.0714. The lowest BCUT2D eigenvalue weighted by Crippen LogP contribution is -2.06. The number of carbonyl (C=O) groups excluding carboxylic acids is 1. The van der Waals surface area contributed by atoms with Gasteiger partial charge in [0.25, 0.3) is 0 Å². The van der Waals surface area contributed by atoms with E-state index < -0.39 is 28.7 Å². The Kier molecular flexibility index (Phi) is 3.37. The SMILES string of the molecule is O=C(Cc1ccc(O)cc1)c1c(O)cc(O)cc1F. The number of phenols is 3. The van der Waals surface area contributed by atoms with Gasteiger partial charge < -0.3 is 15.3 Å².